The number of rotatable bonds is 4. The lowest BCUT2D eigenvalue weighted by Gasteiger charge is -2.32. The molecule has 2 amide bonds. The molecule has 0 spiro atoms. The van der Waals surface area contributed by atoms with Crippen LogP contribution in [0.4, 0.5) is 5.69 Å². The highest BCUT2D eigenvalue weighted by Crippen LogP contribution is 2.27. The maximum absolute atomic E-state index is 13.0. The molecule has 2 saturated heterocycles. The van der Waals surface area contributed by atoms with Crippen molar-refractivity contribution in [2.75, 3.05) is 44.6 Å². The van der Waals surface area contributed by atoms with E-state index in [4.69, 9.17) is 0 Å². The Morgan fingerprint density at radius 2 is 1.93 bits per heavy atom. The van der Waals surface area contributed by atoms with E-state index in [-0.39, 0.29) is 11.8 Å². The lowest BCUT2D eigenvalue weighted by Crippen LogP contribution is -2.49. The van der Waals surface area contributed by atoms with Crippen molar-refractivity contribution < 1.29 is 9.59 Å². The van der Waals surface area contributed by atoms with Crippen LogP contribution >= 0.6 is 11.3 Å². The molecular weight excluding hydrogens is 362 g/mol. The zero-order valence-electron chi connectivity index (χ0n) is 15.1. The number of likely N-dealkylation sites (tertiary alicyclic amines) is 1. The highest BCUT2D eigenvalue weighted by molar-refractivity contribution is 7.12. The summed E-state index contributed by atoms with van der Waals surface area (Å²) < 4.78 is 0. The molecule has 0 aliphatic carbocycles. The normalized spacial score (nSPS) is 20.6. The predicted octanol–water partition coefficient (Wildman–Crippen LogP) is 1.52. The minimum absolute atomic E-state index is 0.00710. The number of piperazine rings is 1. The highest BCUT2D eigenvalue weighted by Gasteiger charge is 2.32. The van der Waals surface area contributed by atoms with Crippen LogP contribution in [0, 0.1) is 0 Å². The van der Waals surface area contributed by atoms with E-state index >= 15 is 0 Å². The first-order valence-corrected chi connectivity index (χ1v) is 10.1. The molecule has 2 aromatic heterocycles. The molecule has 2 aliphatic heterocycles. The standard InChI is InChI=1S/C19H23N5O2S/c25-18(14-1-5-20-6-2-14)22-16-4-12-27-17(16)19(26)24-9-3-15(13-24)23-10-7-21-8-11-23/h1-2,4-6,12,15,21H,3,7-11,13H2,(H,22,25). The molecule has 2 fully saturated rings. The van der Waals surface area contributed by atoms with Crippen LogP contribution in [0.25, 0.3) is 0 Å². The van der Waals surface area contributed by atoms with Crippen LogP contribution in [0.3, 0.4) is 0 Å². The van der Waals surface area contributed by atoms with Crippen molar-refractivity contribution in [2.45, 2.75) is 12.5 Å². The van der Waals surface area contributed by atoms with Gasteiger partial charge >= 0.3 is 0 Å². The summed E-state index contributed by atoms with van der Waals surface area (Å²) in [6, 6.07) is 5.54. The largest absolute Gasteiger partial charge is 0.336 e. The summed E-state index contributed by atoms with van der Waals surface area (Å²) in [6.45, 7) is 5.64. The Bertz CT molecular complexity index is 803. The predicted molar refractivity (Wildman–Crippen MR) is 105 cm³/mol. The molecule has 7 nitrogen and oxygen atoms in total. The van der Waals surface area contributed by atoms with E-state index in [0.717, 1.165) is 45.7 Å². The summed E-state index contributed by atoms with van der Waals surface area (Å²) in [5.74, 6) is -0.224. The van der Waals surface area contributed by atoms with Crippen molar-refractivity contribution in [3.8, 4) is 0 Å². The topological polar surface area (TPSA) is 77.6 Å². The summed E-state index contributed by atoms with van der Waals surface area (Å²) in [4.78, 5) is 34.3. The van der Waals surface area contributed by atoms with Gasteiger partial charge in [0, 0.05) is 63.3 Å². The molecule has 4 rings (SSSR count). The van der Waals surface area contributed by atoms with Gasteiger partial charge in [0.2, 0.25) is 0 Å². The van der Waals surface area contributed by atoms with Gasteiger partial charge in [-0.3, -0.25) is 19.5 Å². The molecule has 0 saturated carbocycles. The van der Waals surface area contributed by atoms with Gasteiger partial charge in [-0.1, -0.05) is 0 Å². The third kappa shape index (κ3) is 4.02. The summed E-state index contributed by atoms with van der Waals surface area (Å²) in [7, 11) is 0. The average Bonchev–Trinajstić information content (AvgIpc) is 3.39. The Morgan fingerprint density at radius 3 is 2.70 bits per heavy atom. The first-order chi connectivity index (χ1) is 13.2. The fraction of sp³-hybridized carbons (Fsp3) is 0.421. The van der Waals surface area contributed by atoms with Gasteiger partial charge in [-0.2, -0.15) is 0 Å². The van der Waals surface area contributed by atoms with Gasteiger partial charge in [-0.05, 0) is 30.0 Å². The van der Waals surface area contributed by atoms with Crippen LogP contribution in [0.5, 0.6) is 0 Å². The number of thiophene rings is 1. The van der Waals surface area contributed by atoms with Crippen LogP contribution < -0.4 is 10.6 Å². The van der Waals surface area contributed by atoms with E-state index < -0.39 is 0 Å². The Hall–Kier alpha value is -2.29. The zero-order valence-corrected chi connectivity index (χ0v) is 15.9. The SMILES string of the molecule is O=C(Nc1ccsc1C(=O)N1CCC(N2CCNCC2)C1)c1ccncc1. The van der Waals surface area contributed by atoms with E-state index in [1.54, 1.807) is 30.6 Å². The maximum Gasteiger partial charge on any atom is 0.266 e. The number of pyridine rings is 1. The molecule has 8 heteroatoms. The van der Waals surface area contributed by atoms with Gasteiger partial charge in [0.25, 0.3) is 11.8 Å². The number of hydrogen-bond donors (Lipinski definition) is 2. The Labute approximate surface area is 162 Å². The van der Waals surface area contributed by atoms with Crippen molar-refractivity contribution in [3.63, 3.8) is 0 Å². The van der Waals surface area contributed by atoms with Crippen LogP contribution in [0.2, 0.25) is 0 Å². The van der Waals surface area contributed by atoms with Gasteiger partial charge in [0.05, 0.1) is 5.69 Å². The molecule has 0 radical (unpaired) electrons. The lowest BCUT2D eigenvalue weighted by molar-refractivity contribution is 0.0779. The van der Waals surface area contributed by atoms with Gasteiger partial charge in [0.1, 0.15) is 4.88 Å². The minimum Gasteiger partial charge on any atom is -0.336 e. The third-order valence-electron chi connectivity index (χ3n) is 5.17. The molecule has 1 atom stereocenters. The van der Waals surface area contributed by atoms with E-state index in [2.05, 4.69) is 20.5 Å². The number of carbonyl (C=O) groups excluding carboxylic acids is 2. The highest BCUT2D eigenvalue weighted by atomic mass is 32.1. The summed E-state index contributed by atoms with van der Waals surface area (Å²) in [5, 5.41) is 8.08. The maximum atomic E-state index is 13.0. The van der Waals surface area contributed by atoms with Gasteiger partial charge < -0.3 is 15.5 Å². The van der Waals surface area contributed by atoms with Crippen LogP contribution in [-0.4, -0.2) is 71.9 Å². The van der Waals surface area contributed by atoms with Crippen LogP contribution in [-0.2, 0) is 0 Å². The molecule has 2 aromatic rings. The molecule has 2 aliphatic rings. The first kappa shape index (κ1) is 18.1. The number of nitrogens with one attached hydrogen (secondary N) is 2. The van der Waals surface area contributed by atoms with Gasteiger partial charge in [-0.15, -0.1) is 11.3 Å². The number of hydrogen-bond acceptors (Lipinski definition) is 6. The molecule has 0 aromatic carbocycles. The van der Waals surface area contributed by atoms with Gasteiger partial charge in [-0.25, -0.2) is 0 Å². The van der Waals surface area contributed by atoms with Crippen molar-refractivity contribution >= 4 is 28.8 Å². The molecule has 0 bridgehead atoms. The summed E-state index contributed by atoms with van der Waals surface area (Å²) in [5.41, 5.74) is 1.10. The molecule has 142 valence electrons. The van der Waals surface area contributed by atoms with Gasteiger partial charge in [0.15, 0.2) is 0 Å². The summed E-state index contributed by atoms with van der Waals surface area (Å²) in [6.07, 6.45) is 4.17. The molecule has 2 N–H and O–H groups in total. The molecular formula is C19H23N5O2S. The van der Waals surface area contributed by atoms with Crippen molar-refractivity contribution in [2.24, 2.45) is 0 Å². The fourth-order valence-electron chi connectivity index (χ4n) is 3.69. The van der Waals surface area contributed by atoms with Crippen molar-refractivity contribution in [3.05, 3.63) is 46.4 Å². The smallest absolute Gasteiger partial charge is 0.266 e. The van der Waals surface area contributed by atoms with E-state index in [1.165, 1.54) is 11.3 Å². The number of aromatic nitrogens is 1. The van der Waals surface area contributed by atoms with Crippen LogP contribution in [0.15, 0.2) is 36.0 Å². The van der Waals surface area contributed by atoms with Crippen molar-refractivity contribution in [1.29, 1.82) is 0 Å². The number of amides is 2. The second-order valence-electron chi connectivity index (χ2n) is 6.83. The molecule has 27 heavy (non-hydrogen) atoms. The number of nitrogens with zero attached hydrogens (tertiary/aromatic N) is 3. The van der Waals surface area contributed by atoms with Crippen LogP contribution in [0.1, 0.15) is 26.5 Å². The minimum atomic E-state index is -0.232. The third-order valence-corrected chi connectivity index (χ3v) is 6.07. The Balaban J connectivity index is 1.41. The lowest BCUT2D eigenvalue weighted by atomic mass is 10.2. The second-order valence-corrected chi connectivity index (χ2v) is 7.75. The fourth-order valence-corrected chi connectivity index (χ4v) is 4.50. The van der Waals surface area contributed by atoms with E-state index in [9.17, 15) is 9.59 Å². The quantitative estimate of drug-likeness (QED) is 0.834. The average molecular weight is 385 g/mol. The Kier molecular flexibility index (Phi) is 5.47. The molecule has 4 heterocycles. The summed E-state index contributed by atoms with van der Waals surface area (Å²) >= 11 is 1.38. The molecule has 1 unspecified atom stereocenters. The number of anilines is 1. The van der Waals surface area contributed by atoms with E-state index in [1.807, 2.05) is 10.3 Å². The number of carbonyl (C=O) groups is 2. The van der Waals surface area contributed by atoms with Crippen molar-refractivity contribution in [1.82, 2.24) is 20.1 Å². The Morgan fingerprint density at radius 1 is 1.15 bits per heavy atom. The monoisotopic (exact) mass is 385 g/mol. The zero-order chi connectivity index (χ0) is 18.6. The second kappa shape index (κ2) is 8.16. The first-order valence-electron chi connectivity index (χ1n) is 9.25. The van der Waals surface area contributed by atoms with E-state index in [0.29, 0.717) is 22.2 Å².